The molecule has 6 nitrogen and oxygen atoms in total. The van der Waals surface area contributed by atoms with E-state index in [0.717, 1.165) is 63.2 Å². The molecule has 3 heterocycles. The molecule has 1 N–H and O–H groups in total. The summed E-state index contributed by atoms with van der Waals surface area (Å²) >= 11 is 0. The first-order valence-corrected chi connectivity index (χ1v) is 11.6. The molecule has 0 saturated heterocycles. The molecule has 5 rings (SSSR count). The van der Waals surface area contributed by atoms with Crippen molar-refractivity contribution in [3.63, 3.8) is 0 Å². The van der Waals surface area contributed by atoms with Crippen molar-refractivity contribution >= 4 is 17.2 Å². The van der Waals surface area contributed by atoms with Crippen LogP contribution in [0.2, 0.25) is 0 Å². The number of ether oxygens (including phenoxy) is 3. The van der Waals surface area contributed by atoms with Gasteiger partial charge in [-0.1, -0.05) is 13.0 Å². The van der Waals surface area contributed by atoms with Crippen LogP contribution in [0.4, 0.5) is 15.9 Å². The third-order valence-electron chi connectivity index (χ3n) is 5.98. The SMILES string of the molecule is CCc1cccc2nc(-c3c(C)cc(OCCF)cc3C)c(Nc3ccc4c(c3)OCCO4)n12. The highest BCUT2D eigenvalue weighted by Crippen LogP contribution is 2.39. The van der Waals surface area contributed by atoms with Crippen molar-refractivity contribution < 1.29 is 18.6 Å². The number of benzene rings is 2. The number of nitrogens with one attached hydrogen (secondary N) is 1. The number of halogens is 1. The second-order valence-corrected chi connectivity index (χ2v) is 8.33. The predicted octanol–water partition coefficient (Wildman–Crippen LogP) is 6.04. The molecule has 1 aliphatic heterocycles. The molecule has 0 saturated carbocycles. The molecule has 0 amide bonds. The van der Waals surface area contributed by atoms with Crippen LogP contribution in [0, 0.1) is 13.8 Å². The Morgan fingerprint density at radius 3 is 2.53 bits per heavy atom. The molecule has 0 unspecified atom stereocenters. The molecule has 4 aromatic rings. The van der Waals surface area contributed by atoms with Crippen molar-refractivity contribution in [2.24, 2.45) is 0 Å². The number of fused-ring (bicyclic) bond motifs is 2. The molecule has 0 radical (unpaired) electrons. The Balaban J connectivity index is 1.66. The van der Waals surface area contributed by atoms with Crippen LogP contribution in [0.15, 0.2) is 48.5 Å². The molecule has 7 heteroatoms. The maximum absolute atomic E-state index is 12.6. The van der Waals surface area contributed by atoms with E-state index >= 15 is 0 Å². The number of nitrogens with zero attached hydrogens (tertiary/aromatic N) is 2. The van der Waals surface area contributed by atoms with Crippen LogP contribution in [0.1, 0.15) is 23.7 Å². The Kier molecular flexibility index (Phi) is 6.01. The number of aromatic nitrogens is 2. The highest BCUT2D eigenvalue weighted by Gasteiger charge is 2.21. The van der Waals surface area contributed by atoms with Crippen LogP contribution in [0.25, 0.3) is 16.9 Å². The zero-order valence-corrected chi connectivity index (χ0v) is 19.7. The Labute approximate surface area is 198 Å². The van der Waals surface area contributed by atoms with Gasteiger partial charge in [-0.05, 0) is 67.8 Å². The summed E-state index contributed by atoms with van der Waals surface area (Å²) in [6.45, 7) is 6.81. The second-order valence-electron chi connectivity index (χ2n) is 8.33. The molecule has 34 heavy (non-hydrogen) atoms. The quantitative estimate of drug-likeness (QED) is 0.363. The molecule has 2 aromatic heterocycles. The monoisotopic (exact) mass is 461 g/mol. The van der Waals surface area contributed by atoms with Gasteiger partial charge in [0.1, 0.15) is 49.4 Å². The first-order chi connectivity index (χ1) is 16.6. The molecule has 2 aromatic carbocycles. The van der Waals surface area contributed by atoms with Gasteiger partial charge in [0.2, 0.25) is 0 Å². The lowest BCUT2D eigenvalue weighted by Crippen LogP contribution is -2.15. The van der Waals surface area contributed by atoms with E-state index in [2.05, 4.69) is 22.7 Å². The fraction of sp³-hybridized carbons (Fsp3) is 0.296. The summed E-state index contributed by atoms with van der Waals surface area (Å²) in [5, 5.41) is 3.61. The molecular weight excluding hydrogens is 433 g/mol. The fourth-order valence-electron chi connectivity index (χ4n) is 4.52. The van der Waals surface area contributed by atoms with E-state index in [1.807, 2.05) is 56.3 Å². The predicted molar refractivity (Wildman–Crippen MR) is 132 cm³/mol. The topological polar surface area (TPSA) is 57.0 Å². The van der Waals surface area contributed by atoms with E-state index in [0.29, 0.717) is 19.0 Å². The lowest BCUT2D eigenvalue weighted by molar-refractivity contribution is 0.171. The van der Waals surface area contributed by atoms with Gasteiger partial charge in [-0.3, -0.25) is 4.40 Å². The van der Waals surface area contributed by atoms with E-state index in [1.165, 1.54) is 0 Å². The Bertz CT molecular complexity index is 1330. The third kappa shape index (κ3) is 4.02. The van der Waals surface area contributed by atoms with Gasteiger partial charge in [0.25, 0.3) is 0 Å². The van der Waals surface area contributed by atoms with Gasteiger partial charge in [-0.15, -0.1) is 0 Å². The number of hydrogen-bond donors (Lipinski definition) is 1. The van der Waals surface area contributed by atoms with Gasteiger partial charge in [-0.25, -0.2) is 9.37 Å². The fourth-order valence-corrected chi connectivity index (χ4v) is 4.52. The standard InChI is InChI=1S/C27H28FN3O3/c1-4-20-6-5-7-24-30-26(25-17(2)14-21(15-18(25)3)32-11-10-28)27(31(20)24)29-19-8-9-22-23(16-19)34-13-12-33-22/h5-9,14-16,29H,4,10-13H2,1-3H3. The molecular formula is C27H28FN3O3. The minimum atomic E-state index is -0.518. The van der Waals surface area contributed by atoms with E-state index in [4.69, 9.17) is 19.2 Å². The maximum Gasteiger partial charge on any atom is 0.163 e. The zero-order chi connectivity index (χ0) is 23.7. The number of alkyl halides is 1. The van der Waals surface area contributed by atoms with Gasteiger partial charge in [0.05, 0.1) is 0 Å². The summed E-state index contributed by atoms with van der Waals surface area (Å²) < 4.78 is 31.8. The zero-order valence-electron chi connectivity index (χ0n) is 19.7. The largest absolute Gasteiger partial charge is 0.491 e. The van der Waals surface area contributed by atoms with Gasteiger partial charge in [0.15, 0.2) is 11.5 Å². The van der Waals surface area contributed by atoms with E-state index in [9.17, 15) is 4.39 Å². The molecule has 0 aliphatic carbocycles. The summed E-state index contributed by atoms with van der Waals surface area (Å²) in [7, 11) is 0. The second kappa shape index (κ2) is 9.25. The molecule has 0 spiro atoms. The lowest BCUT2D eigenvalue weighted by atomic mass is 9.99. The van der Waals surface area contributed by atoms with E-state index in [-0.39, 0.29) is 6.61 Å². The smallest absolute Gasteiger partial charge is 0.163 e. The van der Waals surface area contributed by atoms with Gasteiger partial charge in [0, 0.05) is 23.0 Å². The average molecular weight is 462 g/mol. The van der Waals surface area contributed by atoms with E-state index < -0.39 is 6.67 Å². The van der Waals surface area contributed by atoms with Gasteiger partial charge < -0.3 is 19.5 Å². The summed E-state index contributed by atoms with van der Waals surface area (Å²) in [6.07, 6.45) is 0.858. The van der Waals surface area contributed by atoms with Crippen molar-refractivity contribution in [3.05, 3.63) is 65.4 Å². The summed E-state index contributed by atoms with van der Waals surface area (Å²) in [5.74, 6) is 3.02. The highest BCUT2D eigenvalue weighted by atomic mass is 19.1. The average Bonchev–Trinajstić information content (AvgIpc) is 3.20. The summed E-state index contributed by atoms with van der Waals surface area (Å²) in [6, 6.07) is 15.9. The minimum Gasteiger partial charge on any atom is -0.491 e. The Hall–Kier alpha value is -3.74. The van der Waals surface area contributed by atoms with Gasteiger partial charge >= 0.3 is 0 Å². The minimum absolute atomic E-state index is 0.0450. The third-order valence-corrected chi connectivity index (χ3v) is 5.98. The van der Waals surface area contributed by atoms with Crippen molar-refractivity contribution in [2.45, 2.75) is 27.2 Å². The Morgan fingerprint density at radius 2 is 1.79 bits per heavy atom. The Morgan fingerprint density at radius 1 is 1.03 bits per heavy atom. The van der Waals surface area contributed by atoms with Crippen LogP contribution in [0.3, 0.4) is 0 Å². The molecule has 0 bridgehead atoms. The molecule has 0 atom stereocenters. The number of rotatable bonds is 7. The van der Waals surface area contributed by atoms with Crippen LogP contribution >= 0.6 is 0 Å². The number of pyridine rings is 1. The summed E-state index contributed by atoms with van der Waals surface area (Å²) in [4.78, 5) is 5.03. The molecule has 0 fully saturated rings. The number of anilines is 2. The number of aryl methyl sites for hydroxylation is 3. The molecule has 1 aliphatic rings. The van der Waals surface area contributed by atoms with E-state index in [1.54, 1.807) is 0 Å². The highest BCUT2D eigenvalue weighted by molar-refractivity contribution is 5.84. The summed E-state index contributed by atoms with van der Waals surface area (Å²) in [5.41, 5.74) is 6.80. The number of hydrogen-bond acceptors (Lipinski definition) is 5. The normalized spacial score (nSPS) is 12.7. The molecule has 176 valence electrons. The van der Waals surface area contributed by atoms with Crippen LogP contribution in [-0.4, -0.2) is 35.9 Å². The van der Waals surface area contributed by atoms with Crippen molar-refractivity contribution in [1.82, 2.24) is 9.38 Å². The first-order valence-electron chi connectivity index (χ1n) is 11.6. The van der Waals surface area contributed by atoms with Crippen molar-refractivity contribution in [3.8, 4) is 28.5 Å². The van der Waals surface area contributed by atoms with Crippen LogP contribution in [-0.2, 0) is 6.42 Å². The lowest BCUT2D eigenvalue weighted by Gasteiger charge is -2.20. The van der Waals surface area contributed by atoms with Gasteiger partial charge in [-0.2, -0.15) is 0 Å². The number of imidazole rings is 1. The van der Waals surface area contributed by atoms with Crippen molar-refractivity contribution in [1.29, 1.82) is 0 Å². The van der Waals surface area contributed by atoms with Crippen LogP contribution in [0.5, 0.6) is 17.2 Å². The van der Waals surface area contributed by atoms with Crippen LogP contribution < -0.4 is 19.5 Å². The van der Waals surface area contributed by atoms with Crippen molar-refractivity contribution in [2.75, 3.05) is 31.8 Å². The first kappa shape index (κ1) is 22.1. The maximum atomic E-state index is 12.6.